The molecule has 0 aliphatic heterocycles. The molecule has 0 aromatic heterocycles. The van der Waals surface area contributed by atoms with Gasteiger partial charge in [0, 0.05) is 10.6 Å². The molecular formula is C12H13ClO3. The summed E-state index contributed by atoms with van der Waals surface area (Å²) < 4.78 is 5.23. The van der Waals surface area contributed by atoms with Crippen molar-refractivity contribution in [2.75, 3.05) is 7.11 Å². The van der Waals surface area contributed by atoms with Crippen molar-refractivity contribution in [2.24, 2.45) is 0 Å². The van der Waals surface area contributed by atoms with Crippen LogP contribution < -0.4 is 4.74 Å². The third kappa shape index (κ3) is 3.28. The van der Waals surface area contributed by atoms with Crippen LogP contribution in [0.2, 0.25) is 5.02 Å². The Morgan fingerprint density at radius 3 is 2.81 bits per heavy atom. The molecule has 0 radical (unpaired) electrons. The number of rotatable bonds is 4. The summed E-state index contributed by atoms with van der Waals surface area (Å²) in [5, 5.41) is 9.12. The van der Waals surface area contributed by atoms with E-state index in [-0.39, 0.29) is 6.42 Å². The van der Waals surface area contributed by atoms with Gasteiger partial charge in [0.25, 0.3) is 0 Å². The van der Waals surface area contributed by atoms with Crippen molar-refractivity contribution in [3.05, 3.63) is 34.4 Å². The molecule has 16 heavy (non-hydrogen) atoms. The number of benzene rings is 1. The third-order valence-electron chi connectivity index (χ3n) is 2.06. The molecule has 86 valence electrons. The number of aryl methyl sites for hydroxylation is 1. The second kappa shape index (κ2) is 5.56. The molecule has 1 N–H and O–H groups in total. The molecule has 1 aromatic carbocycles. The van der Waals surface area contributed by atoms with Gasteiger partial charge in [-0.2, -0.15) is 0 Å². The maximum Gasteiger partial charge on any atom is 0.307 e. The molecule has 0 heterocycles. The number of aliphatic carboxylic acids is 1. The van der Waals surface area contributed by atoms with Crippen molar-refractivity contribution in [1.29, 1.82) is 0 Å². The summed E-state index contributed by atoms with van der Waals surface area (Å²) in [6.07, 6.45) is 3.25. The van der Waals surface area contributed by atoms with Gasteiger partial charge in [0.1, 0.15) is 5.75 Å². The van der Waals surface area contributed by atoms with E-state index in [4.69, 9.17) is 21.4 Å². The van der Waals surface area contributed by atoms with Crippen molar-refractivity contribution < 1.29 is 14.6 Å². The van der Waals surface area contributed by atoms with E-state index in [1.54, 1.807) is 31.4 Å². The zero-order valence-electron chi connectivity index (χ0n) is 9.16. The highest BCUT2D eigenvalue weighted by Crippen LogP contribution is 2.28. The third-order valence-corrected chi connectivity index (χ3v) is 2.28. The van der Waals surface area contributed by atoms with Crippen molar-refractivity contribution in [3.8, 4) is 5.75 Å². The molecule has 0 unspecified atom stereocenters. The van der Waals surface area contributed by atoms with Gasteiger partial charge in [0.15, 0.2) is 0 Å². The number of halogens is 1. The summed E-state index contributed by atoms with van der Waals surface area (Å²) in [7, 11) is 1.57. The minimum absolute atomic E-state index is 0.0191. The Labute approximate surface area is 99.3 Å². The van der Waals surface area contributed by atoms with E-state index < -0.39 is 5.97 Å². The maximum absolute atomic E-state index is 10.4. The van der Waals surface area contributed by atoms with Crippen molar-refractivity contribution in [3.63, 3.8) is 0 Å². The summed E-state index contributed by atoms with van der Waals surface area (Å²) in [4.78, 5) is 10.4. The monoisotopic (exact) mass is 240 g/mol. The number of carboxylic acids is 1. The van der Waals surface area contributed by atoms with Crippen LogP contribution in [0.3, 0.4) is 0 Å². The van der Waals surface area contributed by atoms with Gasteiger partial charge in [-0.15, -0.1) is 0 Å². The summed E-state index contributed by atoms with van der Waals surface area (Å²) in [5.41, 5.74) is 1.71. The first kappa shape index (κ1) is 12.6. The largest absolute Gasteiger partial charge is 0.496 e. The highest BCUT2D eigenvalue weighted by molar-refractivity contribution is 6.30. The molecule has 0 saturated carbocycles. The summed E-state index contributed by atoms with van der Waals surface area (Å²) in [6.45, 7) is 1.89. The summed E-state index contributed by atoms with van der Waals surface area (Å²) in [6, 6.07) is 3.54. The van der Waals surface area contributed by atoms with Crippen LogP contribution in [0, 0.1) is 6.92 Å². The van der Waals surface area contributed by atoms with Crippen LogP contribution in [0.1, 0.15) is 17.5 Å². The van der Waals surface area contributed by atoms with E-state index >= 15 is 0 Å². The minimum atomic E-state index is -0.867. The van der Waals surface area contributed by atoms with E-state index in [0.29, 0.717) is 10.8 Å². The average Bonchev–Trinajstić information content (AvgIpc) is 2.16. The Bertz CT molecular complexity index is 425. The molecule has 0 aliphatic rings. The molecule has 0 fully saturated rings. The van der Waals surface area contributed by atoms with E-state index in [2.05, 4.69) is 0 Å². The van der Waals surface area contributed by atoms with Crippen LogP contribution in [-0.4, -0.2) is 18.2 Å². The van der Waals surface area contributed by atoms with Gasteiger partial charge in [-0.3, -0.25) is 4.79 Å². The fourth-order valence-corrected chi connectivity index (χ4v) is 1.73. The molecule has 4 heteroatoms. The predicted octanol–water partition coefficient (Wildman–Crippen LogP) is 3.14. The first-order valence-corrected chi connectivity index (χ1v) is 5.15. The summed E-state index contributed by atoms with van der Waals surface area (Å²) >= 11 is 5.91. The van der Waals surface area contributed by atoms with Gasteiger partial charge < -0.3 is 9.84 Å². The van der Waals surface area contributed by atoms with E-state index in [0.717, 1.165) is 11.1 Å². The van der Waals surface area contributed by atoms with Gasteiger partial charge in [-0.05, 0) is 24.6 Å². The average molecular weight is 241 g/mol. The lowest BCUT2D eigenvalue weighted by molar-refractivity contribution is -0.135. The number of carboxylic acid groups (broad SMARTS) is 1. The molecule has 1 rings (SSSR count). The van der Waals surface area contributed by atoms with Crippen LogP contribution in [0.15, 0.2) is 18.2 Å². The Kier molecular flexibility index (Phi) is 4.38. The molecule has 0 amide bonds. The SMILES string of the molecule is COc1c(C)cc(Cl)cc1/C=C/CC(=O)O. The number of ether oxygens (including phenoxy) is 1. The first-order chi connectivity index (χ1) is 7.54. The standard InChI is InChI=1S/C12H13ClO3/c1-8-6-10(13)7-9(12(8)16-2)4-3-5-11(14)15/h3-4,6-7H,5H2,1-2H3,(H,14,15)/b4-3+. The van der Waals surface area contributed by atoms with E-state index in [1.165, 1.54) is 0 Å². The first-order valence-electron chi connectivity index (χ1n) is 4.77. The highest BCUT2D eigenvalue weighted by Gasteiger charge is 2.05. The van der Waals surface area contributed by atoms with E-state index in [9.17, 15) is 4.79 Å². The van der Waals surface area contributed by atoms with Crippen molar-refractivity contribution >= 4 is 23.6 Å². The van der Waals surface area contributed by atoms with Crippen LogP contribution in [0.4, 0.5) is 0 Å². The van der Waals surface area contributed by atoms with Gasteiger partial charge in [0.05, 0.1) is 13.5 Å². The van der Waals surface area contributed by atoms with Gasteiger partial charge in [0.2, 0.25) is 0 Å². The molecule has 3 nitrogen and oxygen atoms in total. The zero-order chi connectivity index (χ0) is 12.1. The van der Waals surface area contributed by atoms with Crippen LogP contribution in [-0.2, 0) is 4.79 Å². The summed E-state index contributed by atoms with van der Waals surface area (Å²) in [5.74, 6) is -0.153. The van der Waals surface area contributed by atoms with Crippen LogP contribution in [0.5, 0.6) is 5.75 Å². The lowest BCUT2D eigenvalue weighted by atomic mass is 10.1. The minimum Gasteiger partial charge on any atom is -0.496 e. The lowest BCUT2D eigenvalue weighted by Crippen LogP contribution is -1.92. The fraction of sp³-hybridized carbons (Fsp3) is 0.250. The Morgan fingerprint density at radius 1 is 1.56 bits per heavy atom. The number of hydrogen-bond donors (Lipinski definition) is 1. The Hall–Kier alpha value is -1.48. The number of carbonyl (C=O) groups is 1. The smallest absolute Gasteiger partial charge is 0.307 e. The normalized spacial score (nSPS) is 10.7. The molecule has 1 aromatic rings. The highest BCUT2D eigenvalue weighted by atomic mass is 35.5. The number of methoxy groups -OCH3 is 1. The molecule has 0 atom stereocenters. The van der Waals surface area contributed by atoms with E-state index in [1.807, 2.05) is 6.92 Å². The molecule has 0 spiro atoms. The van der Waals surface area contributed by atoms with Gasteiger partial charge in [-0.1, -0.05) is 23.8 Å². The quantitative estimate of drug-likeness (QED) is 0.880. The Morgan fingerprint density at radius 2 is 2.25 bits per heavy atom. The van der Waals surface area contributed by atoms with Crippen LogP contribution in [0.25, 0.3) is 6.08 Å². The second-order valence-corrected chi connectivity index (χ2v) is 3.78. The predicted molar refractivity (Wildman–Crippen MR) is 64.0 cm³/mol. The molecular weight excluding hydrogens is 228 g/mol. The van der Waals surface area contributed by atoms with Gasteiger partial charge >= 0.3 is 5.97 Å². The lowest BCUT2D eigenvalue weighted by Gasteiger charge is -2.08. The van der Waals surface area contributed by atoms with Crippen molar-refractivity contribution in [2.45, 2.75) is 13.3 Å². The van der Waals surface area contributed by atoms with Gasteiger partial charge in [-0.25, -0.2) is 0 Å². The second-order valence-electron chi connectivity index (χ2n) is 3.35. The molecule has 0 bridgehead atoms. The molecule has 0 saturated heterocycles. The van der Waals surface area contributed by atoms with Crippen molar-refractivity contribution in [1.82, 2.24) is 0 Å². The van der Waals surface area contributed by atoms with Crippen LogP contribution >= 0.6 is 11.6 Å². The topological polar surface area (TPSA) is 46.5 Å². The molecule has 0 aliphatic carbocycles. The number of hydrogen-bond acceptors (Lipinski definition) is 2. The Balaban J connectivity index is 3.02. The maximum atomic E-state index is 10.4. The zero-order valence-corrected chi connectivity index (χ0v) is 9.91. The fourth-order valence-electron chi connectivity index (χ4n) is 1.45.